The summed E-state index contributed by atoms with van der Waals surface area (Å²) in [5, 5.41) is 18.1. The summed E-state index contributed by atoms with van der Waals surface area (Å²) in [6.07, 6.45) is 2.81. The van der Waals surface area contributed by atoms with Crippen LogP contribution in [0.5, 0.6) is 0 Å². The summed E-state index contributed by atoms with van der Waals surface area (Å²) in [5.74, 6) is 0.685. The van der Waals surface area contributed by atoms with Crippen molar-refractivity contribution in [2.45, 2.75) is 45.6 Å². The highest BCUT2D eigenvalue weighted by molar-refractivity contribution is 4.70. The molecule has 0 amide bonds. The van der Waals surface area contributed by atoms with Crippen molar-refractivity contribution in [2.24, 2.45) is 5.92 Å². The number of hydrogen-bond donors (Lipinski definition) is 2. The van der Waals surface area contributed by atoms with E-state index in [1.54, 1.807) is 6.92 Å². The second-order valence-corrected chi connectivity index (χ2v) is 3.94. The highest BCUT2D eigenvalue weighted by Crippen LogP contribution is 2.15. The van der Waals surface area contributed by atoms with Gasteiger partial charge in [0.1, 0.15) is 0 Å². The fourth-order valence-corrected chi connectivity index (χ4v) is 0.970. The van der Waals surface area contributed by atoms with Gasteiger partial charge in [0.15, 0.2) is 0 Å². The molecule has 2 N–H and O–H groups in total. The molecule has 0 radical (unpaired) electrons. The van der Waals surface area contributed by atoms with Gasteiger partial charge >= 0.3 is 0 Å². The van der Waals surface area contributed by atoms with Crippen LogP contribution >= 0.6 is 0 Å². The molecule has 0 fully saturated rings. The molecule has 2 heteroatoms. The predicted octanol–water partition coefficient (Wildman–Crippen LogP) is 1.56. The highest BCUT2D eigenvalue weighted by Gasteiger charge is 2.17. The van der Waals surface area contributed by atoms with E-state index in [0.717, 1.165) is 12.8 Å². The second kappa shape index (κ2) is 4.73. The summed E-state index contributed by atoms with van der Waals surface area (Å²) in [4.78, 5) is 0. The van der Waals surface area contributed by atoms with E-state index in [1.165, 1.54) is 0 Å². The van der Waals surface area contributed by atoms with Crippen molar-refractivity contribution >= 4 is 0 Å². The molecule has 0 heterocycles. The first-order chi connectivity index (χ1) is 4.98. The first-order valence-corrected chi connectivity index (χ1v) is 4.31. The van der Waals surface area contributed by atoms with Crippen molar-refractivity contribution in [2.75, 3.05) is 6.61 Å². The minimum absolute atomic E-state index is 0.134. The standard InChI is InChI=1S/C9H20O2/c1-8(2)5-4-6-9(3,11)7-10/h8,10-11H,4-7H2,1-3H3. The number of rotatable bonds is 5. The van der Waals surface area contributed by atoms with E-state index < -0.39 is 5.60 Å². The second-order valence-electron chi connectivity index (χ2n) is 3.94. The van der Waals surface area contributed by atoms with Gasteiger partial charge in [0.2, 0.25) is 0 Å². The van der Waals surface area contributed by atoms with E-state index in [9.17, 15) is 5.11 Å². The third-order valence-corrected chi connectivity index (χ3v) is 1.84. The van der Waals surface area contributed by atoms with Gasteiger partial charge in [0.05, 0.1) is 12.2 Å². The van der Waals surface area contributed by atoms with Gasteiger partial charge in [-0.25, -0.2) is 0 Å². The fourth-order valence-electron chi connectivity index (χ4n) is 0.970. The topological polar surface area (TPSA) is 40.5 Å². The molecule has 0 bridgehead atoms. The molecule has 0 aliphatic heterocycles. The number of aliphatic hydroxyl groups is 2. The molecule has 0 aromatic carbocycles. The van der Waals surface area contributed by atoms with Crippen molar-refractivity contribution in [1.82, 2.24) is 0 Å². The Labute approximate surface area is 69.2 Å². The van der Waals surface area contributed by atoms with Crippen molar-refractivity contribution < 1.29 is 10.2 Å². The maximum atomic E-state index is 9.39. The van der Waals surface area contributed by atoms with Crippen molar-refractivity contribution in [3.63, 3.8) is 0 Å². The lowest BCUT2D eigenvalue weighted by atomic mass is 9.97. The van der Waals surface area contributed by atoms with E-state index in [0.29, 0.717) is 12.3 Å². The summed E-state index contributed by atoms with van der Waals surface area (Å²) < 4.78 is 0. The van der Waals surface area contributed by atoms with Crippen molar-refractivity contribution in [3.05, 3.63) is 0 Å². The Morgan fingerprint density at radius 1 is 1.36 bits per heavy atom. The lowest BCUT2D eigenvalue weighted by Gasteiger charge is -2.20. The third-order valence-electron chi connectivity index (χ3n) is 1.84. The maximum absolute atomic E-state index is 9.39. The minimum atomic E-state index is -0.866. The summed E-state index contributed by atoms with van der Waals surface area (Å²) >= 11 is 0. The molecule has 2 nitrogen and oxygen atoms in total. The summed E-state index contributed by atoms with van der Waals surface area (Å²) in [6, 6.07) is 0. The molecule has 68 valence electrons. The van der Waals surface area contributed by atoms with Crippen LogP contribution in [0.25, 0.3) is 0 Å². The number of aliphatic hydroxyl groups excluding tert-OH is 1. The van der Waals surface area contributed by atoms with E-state index in [-0.39, 0.29) is 6.61 Å². The molecular weight excluding hydrogens is 140 g/mol. The first kappa shape index (κ1) is 10.9. The molecule has 0 spiro atoms. The van der Waals surface area contributed by atoms with Crippen LogP contribution in [0.4, 0.5) is 0 Å². The fraction of sp³-hybridized carbons (Fsp3) is 1.00. The Hall–Kier alpha value is -0.0800. The lowest BCUT2D eigenvalue weighted by Crippen LogP contribution is -2.28. The molecule has 0 aliphatic carbocycles. The molecule has 0 saturated carbocycles. The van der Waals surface area contributed by atoms with Crippen LogP contribution in [0.15, 0.2) is 0 Å². The molecular formula is C9H20O2. The SMILES string of the molecule is CC(C)CCCC(C)(O)CO. The van der Waals surface area contributed by atoms with E-state index >= 15 is 0 Å². The molecule has 0 aliphatic rings. The molecule has 1 atom stereocenters. The van der Waals surface area contributed by atoms with Gasteiger partial charge in [-0.1, -0.05) is 26.7 Å². The normalized spacial score (nSPS) is 16.9. The lowest BCUT2D eigenvalue weighted by molar-refractivity contribution is -0.00739. The molecule has 0 rings (SSSR count). The van der Waals surface area contributed by atoms with Crippen LogP contribution in [-0.4, -0.2) is 22.4 Å². The van der Waals surface area contributed by atoms with Crippen LogP contribution in [-0.2, 0) is 0 Å². The molecule has 1 unspecified atom stereocenters. The monoisotopic (exact) mass is 160 g/mol. The van der Waals surface area contributed by atoms with Crippen molar-refractivity contribution in [1.29, 1.82) is 0 Å². The van der Waals surface area contributed by atoms with E-state index in [1.807, 2.05) is 0 Å². The average molecular weight is 160 g/mol. The van der Waals surface area contributed by atoms with Gasteiger partial charge in [0, 0.05) is 0 Å². The van der Waals surface area contributed by atoms with Gasteiger partial charge in [0.25, 0.3) is 0 Å². The Balaban J connectivity index is 3.38. The smallest absolute Gasteiger partial charge is 0.0849 e. The molecule has 0 aromatic rings. The average Bonchev–Trinajstić information content (AvgIpc) is 1.87. The zero-order valence-electron chi connectivity index (χ0n) is 7.80. The van der Waals surface area contributed by atoms with E-state index in [4.69, 9.17) is 5.11 Å². The molecule has 0 saturated heterocycles. The van der Waals surface area contributed by atoms with E-state index in [2.05, 4.69) is 13.8 Å². The van der Waals surface area contributed by atoms with Crippen molar-refractivity contribution in [3.8, 4) is 0 Å². The zero-order chi connectivity index (χ0) is 8.91. The maximum Gasteiger partial charge on any atom is 0.0849 e. The zero-order valence-corrected chi connectivity index (χ0v) is 7.80. The Morgan fingerprint density at radius 2 is 1.91 bits per heavy atom. The van der Waals surface area contributed by atoms with Crippen LogP contribution in [0, 0.1) is 5.92 Å². The summed E-state index contributed by atoms with van der Waals surface area (Å²) in [7, 11) is 0. The Bertz CT molecular complexity index is 97.7. The summed E-state index contributed by atoms with van der Waals surface area (Å²) in [6.45, 7) is 5.86. The van der Waals surface area contributed by atoms with Gasteiger partial charge in [-0.3, -0.25) is 0 Å². The Morgan fingerprint density at radius 3 is 2.27 bits per heavy atom. The molecule has 0 aromatic heterocycles. The van der Waals surface area contributed by atoms with Gasteiger partial charge < -0.3 is 10.2 Å². The third kappa shape index (κ3) is 6.32. The van der Waals surface area contributed by atoms with Crippen LogP contribution < -0.4 is 0 Å². The van der Waals surface area contributed by atoms with Crippen LogP contribution in [0.1, 0.15) is 40.0 Å². The minimum Gasteiger partial charge on any atom is -0.393 e. The Kier molecular flexibility index (Phi) is 4.69. The van der Waals surface area contributed by atoms with Crippen LogP contribution in [0.3, 0.4) is 0 Å². The largest absolute Gasteiger partial charge is 0.393 e. The van der Waals surface area contributed by atoms with Crippen LogP contribution in [0.2, 0.25) is 0 Å². The predicted molar refractivity (Wildman–Crippen MR) is 46.4 cm³/mol. The number of hydrogen-bond acceptors (Lipinski definition) is 2. The van der Waals surface area contributed by atoms with Gasteiger partial charge in [-0.2, -0.15) is 0 Å². The van der Waals surface area contributed by atoms with Gasteiger partial charge in [-0.15, -0.1) is 0 Å². The summed E-state index contributed by atoms with van der Waals surface area (Å²) in [5.41, 5.74) is -0.866. The molecule has 11 heavy (non-hydrogen) atoms. The highest BCUT2D eigenvalue weighted by atomic mass is 16.3. The first-order valence-electron chi connectivity index (χ1n) is 4.31. The quantitative estimate of drug-likeness (QED) is 0.640. The van der Waals surface area contributed by atoms with Gasteiger partial charge in [-0.05, 0) is 19.3 Å².